The summed E-state index contributed by atoms with van der Waals surface area (Å²) in [5, 5.41) is 3.56. The van der Waals surface area contributed by atoms with E-state index < -0.39 is 52.9 Å². The molecule has 1 unspecified atom stereocenters. The molecule has 0 radical (unpaired) electrons. The summed E-state index contributed by atoms with van der Waals surface area (Å²) in [7, 11) is 0. The van der Waals surface area contributed by atoms with E-state index in [9.17, 15) is 31.9 Å². The van der Waals surface area contributed by atoms with Crippen molar-refractivity contribution in [2.45, 2.75) is 18.3 Å². The second-order valence-electron chi connectivity index (χ2n) is 6.35. The molecule has 172 valence electrons. The van der Waals surface area contributed by atoms with Crippen molar-refractivity contribution < 1.29 is 36.7 Å². The lowest BCUT2D eigenvalue weighted by molar-refractivity contribution is -0.146. The third-order valence-electron chi connectivity index (χ3n) is 3.83. The third kappa shape index (κ3) is 8.04. The predicted octanol–water partition coefficient (Wildman–Crippen LogP) is 4.74. The highest BCUT2D eigenvalue weighted by Crippen LogP contribution is 2.36. The van der Waals surface area contributed by atoms with E-state index in [-0.39, 0.29) is 10.8 Å². The number of alkyl halides is 3. The smallest absolute Gasteiger partial charge is 0.418 e. The average Bonchev–Trinajstić information content (AvgIpc) is 2.72. The number of anilines is 2. The molecule has 1 atom stereocenters. The van der Waals surface area contributed by atoms with Crippen LogP contribution in [-0.2, 0) is 25.3 Å². The summed E-state index contributed by atoms with van der Waals surface area (Å²) < 4.78 is 56.8. The number of hydrogen-bond donors (Lipinski definition) is 2. The summed E-state index contributed by atoms with van der Waals surface area (Å²) in [6, 6.07) is 7.93. The SMILES string of the molecule is CC(SCC(=O)Nc1ccc(F)cc1)C(=O)OCC(=O)Nc1ccc(Cl)cc1C(F)(F)F. The maximum Gasteiger partial charge on any atom is 0.418 e. The van der Waals surface area contributed by atoms with Crippen molar-refractivity contribution in [1.29, 1.82) is 0 Å². The second-order valence-corrected chi connectivity index (χ2v) is 8.12. The molecule has 0 heterocycles. The van der Waals surface area contributed by atoms with Gasteiger partial charge in [0.25, 0.3) is 5.91 Å². The van der Waals surface area contributed by atoms with Crippen LogP contribution >= 0.6 is 23.4 Å². The molecule has 0 spiro atoms. The Morgan fingerprint density at radius 2 is 1.72 bits per heavy atom. The Morgan fingerprint density at radius 3 is 2.34 bits per heavy atom. The maximum absolute atomic E-state index is 13.1. The summed E-state index contributed by atoms with van der Waals surface area (Å²) in [5.74, 6) is -2.83. The zero-order valence-electron chi connectivity index (χ0n) is 16.5. The van der Waals surface area contributed by atoms with Gasteiger partial charge < -0.3 is 15.4 Å². The molecule has 2 aromatic carbocycles. The molecule has 2 amide bonds. The molecule has 0 aliphatic heterocycles. The number of carbonyl (C=O) groups is 3. The van der Waals surface area contributed by atoms with Gasteiger partial charge in [-0.15, -0.1) is 11.8 Å². The average molecular weight is 493 g/mol. The molecule has 0 saturated carbocycles. The molecule has 6 nitrogen and oxygen atoms in total. The fraction of sp³-hybridized carbons (Fsp3) is 0.250. The molecule has 2 N–H and O–H groups in total. The summed E-state index contributed by atoms with van der Waals surface area (Å²) in [6.07, 6.45) is -4.75. The number of amides is 2. The highest BCUT2D eigenvalue weighted by molar-refractivity contribution is 8.01. The van der Waals surface area contributed by atoms with Gasteiger partial charge in [0.15, 0.2) is 6.61 Å². The number of esters is 1. The number of benzene rings is 2. The van der Waals surface area contributed by atoms with E-state index in [4.69, 9.17) is 16.3 Å². The lowest BCUT2D eigenvalue weighted by atomic mass is 10.1. The first-order valence-corrected chi connectivity index (χ1v) is 10.4. The van der Waals surface area contributed by atoms with E-state index in [1.54, 1.807) is 0 Å². The normalized spacial score (nSPS) is 12.1. The first kappa shape index (κ1) is 25.5. The van der Waals surface area contributed by atoms with Crippen LogP contribution in [-0.4, -0.2) is 35.4 Å². The molecule has 0 aromatic heterocycles. The molecule has 2 rings (SSSR count). The molecule has 0 bridgehead atoms. The Kier molecular flexibility index (Phi) is 8.90. The van der Waals surface area contributed by atoms with Crippen LogP contribution in [0.5, 0.6) is 0 Å². The zero-order valence-corrected chi connectivity index (χ0v) is 18.0. The lowest BCUT2D eigenvalue weighted by Crippen LogP contribution is -2.26. The molecule has 0 saturated heterocycles. The number of carbonyl (C=O) groups excluding carboxylic acids is 3. The molecule has 0 fully saturated rings. The highest BCUT2D eigenvalue weighted by Gasteiger charge is 2.34. The van der Waals surface area contributed by atoms with Crippen molar-refractivity contribution in [3.05, 3.63) is 58.9 Å². The fourth-order valence-corrected chi connectivity index (χ4v) is 3.15. The molecular formula is C20H17ClF4N2O4S. The van der Waals surface area contributed by atoms with Crippen molar-refractivity contribution in [1.82, 2.24) is 0 Å². The number of ether oxygens (including phenoxy) is 1. The minimum absolute atomic E-state index is 0.125. The van der Waals surface area contributed by atoms with Gasteiger partial charge >= 0.3 is 12.1 Å². The Balaban J connectivity index is 1.80. The van der Waals surface area contributed by atoms with E-state index in [0.29, 0.717) is 11.8 Å². The van der Waals surface area contributed by atoms with Crippen LogP contribution in [0.2, 0.25) is 5.02 Å². The van der Waals surface area contributed by atoms with Gasteiger partial charge in [-0.25, -0.2) is 4.39 Å². The Labute approximate surface area is 189 Å². The van der Waals surface area contributed by atoms with E-state index in [2.05, 4.69) is 5.32 Å². The first-order chi connectivity index (χ1) is 15.0. The van der Waals surface area contributed by atoms with Crippen LogP contribution in [0.3, 0.4) is 0 Å². The summed E-state index contributed by atoms with van der Waals surface area (Å²) >= 11 is 6.49. The van der Waals surface area contributed by atoms with Gasteiger partial charge in [-0.05, 0) is 49.4 Å². The van der Waals surface area contributed by atoms with Crippen molar-refractivity contribution in [2.75, 3.05) is 23.0 Å². The number of hydrogen-bond acceptors (Lipinski definition) is 5. The zero-order chi connectivity index (χ0) is 23.9. The molecule has 12 heteroatoms. The van der Waals surface area contributed by atoms with Gasteiger partial charge in [0, 0.05) is 10.7 Å². The van der Waals surface area contributed by atoms with Gasteiger partial charge in [-0.2, -0.15) is 13.2 Å². The van der Waals surface area contributed by atoms with E-state index in [1.807, 2.05) is 5.32 Å². The van der Waals surface area contributed by atoms with Gasteiger partial charge in [-0.1, -0.05) is 11.6 Å². The lowest BCUT2D eigenvalue weighted by Gasteiger charge is -2.15. The van der Waals surface area contributed by atoms with Crippen molar-refractivity contribution >= 4 is 52.5 Å². The van der Waals surface area contributed by atoms with Crippen molar-refractivity contribution in [2.24, 2.45) is 0 Å². The van der Waals surface area contributed by atoms with Gasteiger partial charge in [0.05, 0.1) is 17.0 Å². The van der Waals surface area contributed by atoms with E-state index in [0.717, 1.165) is 17.8 Å². The molecule has 2 aromatic rings. The number of rotatable bonds is 8. The van der Waals surface area contributed by atoms with Crippen LogP contribution < -0.4 is 10.6 Å². The van der Waals surface area contributed by atoms with Gasteiger partial charge in [-0.3, -0.25) is 14.4 Å². The van der Waals surface area contributed by atoms with Crippen LogP contribution in [0.15, 0.2) is 42.5 Å². The van der Waals surface area contributed by atoms with E-state index >= 15 is 0 Å². The molecular weight excluding hydrogens is 476 g/mol. The first-order valence-electron chi connectivity index (χ1n) is 8.96. The Hall–Kier alpha value is -2.79. The predicted molar refractivity (Wildman–Crippen MR) is 113 cm³/mol. The van der Waals surface area contributed by atoms with Crippen molar-refractivity contribution in [3.63, 3.8) is 0 Å². The Morgan fingerprint density at radius 1 is 1.06 bits per heavy atom. The fourth-order valence-electron chi connectivity index (χ4n) is 2.30. The minimum Gasteiger partial charge on any atom is -0.455 e. The van der Waals surface area contributed by atoms with Crippen LogP contribution in [0.4, 0.5) is 28.9 Å². The van der Waals surface area contributed by atoms with Crippen LogP contribution in [0.1, 0.15) is 12.5 Å². The molecule has 0 aliphatic rings. The van der Waals surface area contributed by atoms with Crippen LogP contribution in [0.25, 0.3) is 0 Å². The number of halogens is 5. The standard InChI is InChI=1S/C20H17ClF4N2O4S/c1-11(32-10-18(29)26-14-5-3-13(22)4-6-14)19(30)31-9-17(28)27-16-7-2-12(21)8-15(16)20(23,24)25/h2-8,11H,9-10H2,1H3,(H,26,29)(H,27,28). The molecule has 32 heavy (non-hydrogen) atoms. The summed E-state index contributed by atoms with van der Waals surface area (Å²) in [6.45, 7) is 0.627. The largest absolute Gasteiger partial charge is 0.455 e. The quantitative estimate of drug-likeness (QED) is 0.411. The van der Waals surface area contributed by atoms with E-state index in [1.165, 1.54) is 37.3 Å². The maximum atomic E-state index is 13.1. The number of nitrogens with one attached hydrogen (secondary N) is 2. The van der Waals surface area contributed by atoms with Gasteiger partial charge in [0.2, 0.25) is 5.91 Å². The van der Waals surface area contributed by atoms with Gasteiger partial charge in [0.1, 0.15) is 11.1 Å². The summed E-state index contributed by atoms with van der Waals surface area (Å²) in [5.41, 5.74) is -1.28. The molecule has 0 aliphatic carbocycles. The number of thioether (sulfide) groups is 1. The van der Waals surface area contributed by atoms with Crippen molar-refractivity contribution in [3.8, 4) is 0 Å². The monoisotopic (exact) mass is 492 g/mol. The summed E-state index contributed by atoms with van der Waals surface area (Å²) in [4.78, 5) is 35.8. The second kappa shape index (κ2) is 11.2. The third-order valence-corrected chi connectivity index (χ3v) is 5.19. The topological polar surface area (TPSA) is 84.5 Å². The van der Waals surface area contributed by atoms with Crippen LogP contribution in [0, 0.1) is 5.82 Å². The highest BCUT2D eigenvalue weighted by atomic mass is 35.5. The Bertz CT molecular complexity index is 987. The minimum atomic E-state index is -4.75.